The summed E-state index contributed by atoms with van der Waals surface area (Å²) in [5.74, 6) is -10.1. The minimum atomic E-state index is -5.21. The Kier molecular flexibility index (Phi) is 6.22. The third-order valence-corrected chi connectivity index (χ3v) is 5.63. The highest BCUT2D eigenvalue weighted by Crippen LogP contribution is 2.46. The second-order valence-electron chi connectivity index (χ2n) is 7.83. The van der Waals surface area contributed by atoms with Crippen molar-refractivity contribution in [1.82, 2.24) is 0 Å². The molecule has 1 heterocycles. The maximum absolute atomic E-state index is 13.3. The van der Waals surface area contributed by atoms with Crippen LogP contribution in [0.5, 0.6) is 51.7 Å². The number of carbonyl (C=O) groups is 2. The standard InChI is InChI=1S/C22H16O15S/c23-9-5-10(24)16-14(6-9)35-20(7-1-13(27)18(29)15(4-7)37-38(32,33)34)21(19(16)30)36-22(31)8-2-11(25)17(28)12(26)3-8/h1-6,20-21,23-29H,(H,32,33,34)/t20-,21+/m0/s1. The molecule has 38 heavy (non-hydrogen) atoms. The fourth-order valence-electron chi connectivity index (χ4n) is 3.62. The van der Waals surface area contributed by atoms with Crippen LogP contribution in [0.3, 0.4) is 0 Å². The van der Waals surface area contributed by atoms with Crippen molar-refractivity contribution in [3.8, 4) is 51.7 Å². The van der Waals surface area contributed by atoms with Crippen LogP contribution in [0.1, 0.15) is 32.4 Å². The van der Waals surface area contributed by atoms with Crippen LogP contribution in [-0.2, 0) is 15.1 Å². The minimum absolute atomic E-state index is 0.366. The van der Waals surface area contributed by atoms with Gasteiger partial charge in [0.25, 0.3) is 0 Å². The smallest absolute Gasteiger partial charge is 0.446 e. The molecule has 0 saturated carbocycles. The van der Waals surface area contributed by atoms with Crippen LogP contribution in [0.25, 0.3) is 0 Å². The van der Waals surface area contributed by atoms with Crippen LogP contribution in [0.15, 0.2) is 36.4 Å². The molecule has 0 bridgehead atoms. The zero-order chi connectivity index (χ0) is 28.1. The molecule has 0 saturated heterocycles. The van der Waals surface area contributed by atoms with E-state index in [1.807, 2.05) is 0 Å². The SMILES string of the molecule is O=C(O[C@@H]1C(=O)c2c(O)cc(O)cc2O[C@H]1c1cc(O)c(O)c(OS(=O)(=O)O)c1)c1cc(O)c(O)c(O)c1. The number of esters is 1. The van der Waals surface area contributed by atoms with Gasteiger partial charge in [-0.3, -0.25) is 9.35 Å². The number of benzene rings is 3. The number of ether oxygens (including phenoxy) is 2. The molecule has 3 aromatic carbocycles. The Labute approximate surface area is 211 Å². The van der Waals surface area contributed by atoms with Gasteiger partial charge in [0.1, 0.15) is 22.8 Å². The van der Waals surface area contributed by atoms with Gasteiger partial charge in [-0.25, -0.2) is 4.79 Å². The molecule has 4 rings (SSSR count). The predicted molar refractivity (Wildman–Crippen MR) is 120 cm³/mol. The predicted octanol–water partition coefficient (Wildman–Crippen LogP) is 1.35. The Morgan fingerprint density at radius 1 is 0.816 bits per heavy atom. The van der Waals surface area contributed by atoms with Gasteiger partial charge < -0.3 is 49.4 Å². The lowest BCUT2D eigenvalue weighted by molar-refractivity contribution is -0.0102. The monoisotopic (exact) mass is 552 g/mol. The molecule has 0 fully saturated rings. The number of fused-ring (bicyclic) bond motifs is 1. The van der Waals surface area contributed by atoms with Crippen molar-refractivity contribution in [2.24, 2.45) is 0 Å². The normalized spacial score (nSPS) is 16.8. The molecule has 0 amide bonds. The molecular weight excluding hydrogens is 536 g/mol. The van der Waals surface area contributed by atoms with E-state index in [9.17, 15) is 53.8 Å². The van der Waals surface area contributed by atoms with Gasteiger partial charge in [0.2, 0.25) is 17.6 Å². The first-order chi connectivity index (χ1) is 17.7. The topological polar surface area (TPSA) is 258 Å². The minimum Gasteiger partial charge on any atom is -0.508 e. The zero-order valence-corrected chi connectivity index (χ0v) is 19.3. The molecule has 0 spiro atoms. The lowest BCUT2D eigenvalue weighted by Crippen LogP contribution is -2.40. The Bertz CT molecular complexity index is 1570. The quantitative estimate of drug-likeness (QED) is 0.126. The highest BCUT2D eigenvalue weighted by atomic mass is 32.3. The fraction of sp³-hybridized carbons (Fsp3) is 0.0909. The van der Waals surface area contributed by atoms with Crippen molar-refractivity contribution in [2.45, 2.75) is 12.2 Å². The van der Waals surface area contributed by atoms with E-state index in [4.69, 9.17) is 14.0 Å². The molecule has 0 aromatic heterocycles. The Hall–Kier alpha value is -5.09. The molecule has 0 radical (unpaired) electrons. The molecule has 15 nitrogen and oxygen atoms in total. The average molecular weight is 552 g/mol. The Balaban J connectivity index is 1.84. The van der Waals surface area contributed by atoms with Crippen LogP contribution in [0.2, 0.25) is 0 Å². The number of hydrogen-bond donors (Lipinski definition) is 8. The van der Waals surface area contributed by atoms with Crippen LogP contribution < -0.4 is 8.92 Å². The maximum Gasteiger partial charge on any atom is 0.446 e. The van der Waals surface area contributed by atoms with E-state index in [0.29, 0.717) is 18.2 Å². The van der Waals surface area contributed by atoms with Crippen LogP contribution >= 0.6 is 0 Å². The van der Waals surface area contributed by atoms with Gasteiger partial charge in [0.15, 0.2) is 34.9 Å². The van der Waals surface area contributed by atoms with Gasteiger partial charge in [0, 0.05) is 17.7 Å². The van der Waals surface area contributed by atoms with Gasteiger partial charge in [-0.1, -0.05) is 0 Å². The summed E-state index contributed by atoms with van der Waals surface area (Å²) in [4.78, 5) is 26.2. The van der Waals surface area contributed by atoms with E-state index < -0.39 is 97.2 Å². The number of Topliss-reactive ketones (excluding diaryl/α,β-unsaturated/α-hetero) is 1. The number of ketones is 1. The van der Waals surface area contributed by atoms with E-state index in [1.165, 1.54) is 0 Å². The summed E-state index contributed by atoms with van der Waals surface area (Å²) in [5.41, 5.74) is -1.45. The first-order valence-corrected chi connectivity index (χ1v) is 11.5. The molecule has 200 valence electrons. The zero-order valence-electron chi connectivity index (χ0n) is 18.5. The van der Waals surface area contributed by atoms with Crippen molar-refractivity contribution in [3.63, 3.8) is 0 Å². The molecule has 2 atom stereocenters. The summed E-state index contributed by atoms with van der Waals surface area (Å²) < 4.78 is 46.3. The number of aromatic hydroxyl groups is 7. The second kappa shape index (κ2) is 9.09. The third kappa shape index (κ3) is 4.80. The van der Waals surface area contributed by atoms with E-state index >= 15 is 0 Å². The van der Waals surface area contributed by atoms with Gasteiger partial charge in [-0.05, 0) is 24.3 Å². The van der Waals surface area contributed by atoms with Crippen LogP contribution in [-0.4, -0.2) is 66.6 Å². The summed E-state index contributed by atoms with van der Waals surface area (Å²) in [5, 5.41) is 68.9. The molecule has 0 aliphatic carbocycles. The Morgan fingerprint density at radius 2 is 1.42 bits per heavy atom. The molecule has 3 aromatic rings. The third-order valence-electron chi connectivity index (χ3n) is 5.24. The van der Waals surface area contributed by atoms with Crippen molar-refractivity contribution >= 4 is 22.2 Å². The summed E-state index contributed by atoms with van der Waals surface area (Å²) in [6.45, 7) is 0. The van der Waals surface area contributed by atoms with Gasteiger partial charge in [0.05, 0.1) is 5.56 Å². The number of hydrogen-bond acceptors (Lipinski definition) is 14. The summed E-state index contributed by atoms with van der Waals surface area (Å²) >= 11 is 0. The van der Waals surface area contributed by atoms with E-state index in [2.05, 4.69) is 4.18 Å². The van der Waals surface area contributed by atoms with Crippen molar-refractivity contribution in [3.05, 3.63) is 53.1 Å². The summed E-state index contributed by atoms with van der Waals surface area (Å²) in [7, 11) is -5.21. The number of phenolic OH excluding ortho intramolecular Hbond substituents is 7. The van der Waals surface area contributed by atoms with Crippen molar-refractivity contribution in [1.29, 1.82) is 0 Å². The van der Waals surface area contributed by atoms with Crippen LogP contribution in [0.4, 0.5) is 0 Å². The number of phenols is 7. The molecule has 0 unspecified atom stereocenters. The highest BCUT2D eigenvalue weighted by molar-refractivity contribution is 7.81. The number of carbonyl (C=O) groups excluding carboxylic acids is 2. The first kappa shape index (κ1) is 26.0. The molecular formula is C22H16O15S. The molecule has 1 aliphatic heterocycles. The van der Waals surface area contributed by atoms with E-state index in [-0.39, 0.29) is 5.56 Å². The summed E-state index contributed by atoms with van der Waals surface area (Å²) in [6.07, 6.45) is -3.79. The Morgan fingerprint density at radius 3 is 2.03 bits per heavy atom. The molecule has 8 N–H and O–H groups in total. The molecule has 16 heteroatoms. The highest BCUT2D eigenvalue weighted by Gasteiger charge is 2.44. The van der Waals surface area contributed by atoms with E-state index in [0.717, 1.165) is 18.2 Å². The van der Waals surface area contributed by atoms with Gasteiger partial charge in [-0.15, -0.1) is 0 Å². The lowest BCUT2D eigenvalue weighted by atomic mass is 9.92. The maximum atomic E-state index is 13.3. The lowest BCUT2D eigenvalue weighted by Gasteiger charge is -2.32. The molecule has 1 aliphatic rings. The summed E-state index contributed by atoms with van der Waals surface area (Å²) in [6, 6.07) is 4.61. The van der Waals surface area contributed by atoms with Gasteiger partial charge >= 0.3 is 16.4 Å². The van der Waals surface area contributed by atoms with Crippen molar-refractivity contribution < 1.29 is 72.0 Å². The van der Waals surface area contributed by atoms with Gasteiger partial charge in [-0.2, -0.15) is 8.42 Å². The number of rotatable bonds is 5. The van der Waals surface area contributed by atoms with Crippen LogP contribution in [0, 0.1) is 0 Å². The van der Waals surface area contributed by atoms with Crippen molar-refractivity contribution in [2.75, 3.05) is 0 Å². The second-order valence-corrected chi connectivity index (χ2v) is 8.85. The average Bonchev–Trinajstić information content (AvgIpc) is 2.80. The fourth-order valence-corrected chi connectivity index (χ4v) is 3.98. The van der Waals surface area contributed by atoms with E-state index in [1.54, 1.807) is 0 Å². The largest absolute Gasteiger partial charge is 0.508 e. The first-order valence-electron chi connectivity index (χ1n) is 10.1.